The van der Waals surface area contributed by atoms with Crippen LogP contribution in [0.1, 0.15) is 26.3 Å². The standard InChI is InChI=1S/C24H24N4O4/c1-27(2)22-13-10-19(26-23(29)18-8-11-20(12-9-18)28(31)32)16-21(22)24(30)25-15-14-17-6-4-3-5-7-17/h3-13,16H,14-15H2,1-2H3,(H,25,30)(H,26,29). The van der Waals surface area contributed by atoms with Crippen LogP contribution in [0, 0.1) is 10.1 Å². The summed E-state index contributed by atoms with van der Waals surface area (Å²) in [7, 11) is 3.68. The van der Waals surface area contributed by atoms with E-state index in [2.05, 4.69) is 10.6 Å². The van der Waals surface area contributed by atoms with Crippen molar-refractivity contribution in [2.24, 2.45) is 0 Å². The number of non-ortho nitro benzene ring substituents is 1. The lowest BCUT2D eigenvalue weighted by Crippen LogP contribution is -2.28. The number of hydrogen-bond donors (Lipinski definition) is 2. The van der Waals surface area contributed by atoms with Crippen molar-refractivity contribution in [2.75, 3.05) is 30.9 Å². The summed E-state index contributed by atoms with van der Waals surface area (Å²) in [5.74, 6) is -0.663. The van der Waals surface area contributed by atoms with Crippen LogP contribution < -0.4 is 15.5 Å². The number of nitro groups is 1. The Morgan fingerprint density at radius 2 is 1.62 bits per heavy atom. The molecule has 0 saturated carbocycles. The van der Waals surface area contributed by atoms with Gasteiger partial charge in [0.25, 0.3) is 17.5 Å². The minimum absolute atomic E-state index is 0.0913. The maximum absolute atomic E-state index is 12.9. The number of carbonyl (C=O) groups excluding carboxylic acids is 2. The molecule has 2 amide bonds. The molecule has 0 unspecified atom stereocenters. The first kappa shape index (κ1) is 22.5. The van der Waals surface area contributed by atoms with Crippen LogP contribution in [0.25, 0.3) is 0 Å². The van der Waals surface area contributed by atoms with E-state index in [0.29, 0.717) is 24.2 Å². The average molecular weight is 432 g/mol. The molecule has 3 aromatic carbocycles. The lowest BCUT2D eigenvalue weighted by molar-refractivity contribution is -0.384. The van der Waals surface area contributed by atoms with E-state index in [0.717, 1.165) is 11.3 Å². The molecule has 3 aromatic rings. The van der Waals surface area contributed by atoms with Gasteiger partial charge in [0.2, 0.25) is 0 Å². The molecule has 3 rings (SSSR count). The molecule has 0 fully saturated rings. The minimum atomic E-state index is -0.523. The SMILES string of the molecule is CN(C)c1ccc(NC(=O)c2ccc([N+](=O)[O-])cc2)cc1C(=O)NCCc1ccccc1. The maximum atomic E-state index is 12.9. The number of nitrogens with one attached hydrogen (secondary N) is 2. The fourth-order valence-electron chi connectivity index (χ4n) is 3.18. The van der Waals surface area contributed by atoms with Crippen LogP contribution in [0.5, 0.6) is 0 Å². The first-order valence-electron chi connectivity index (χ1n) is 10.0. The van der Waals surface area contributed by atoms with Crippen molar-refractivity contribution in [3.05, 3.63) is 99.6 Å². The molecular weight excluding hydrogens is 408 g/mol. The van der Waals surface area contributed by atoms with Gasteiger partial charge in [-0.05, 0) is 42.3 Å². The Hall–Kier alpha value is -4.20. The number of amides is 2. The number of benzene rings is 3. The van der Waals surface area contributed by atoms with E-state index in [4.69, 9.17) is 0 Å². The van der Waals surface area contributed by atoms with Gasteiger partial charge < -0.3 is 15.5 Å². The molecule has 2 N–H and O–H groups in total. The van der Waals surface area contributed by atoms with Crippen LogP contribution in [0.2, 0.25) is 0 Å². The van der Waals surface area contributed by atoms with Crippen LogP contribution in [-0.4, -0.2) is 37.4 Å². The van der Waals surface area contributed by atoms with Gasteiger partial charge in [0, 0.05) is 49.7 Å². The monoisotopic (exact) mass is 432 g/mol. The molecule has 0 spiro atoms. The van der Waals surface area contributed by atoms with Gasteiger partial charge in [0.1, 0.15) is 0 Å². The molecule has 164 valence electrons. The predicted octanol–water partition coefficient (Wildman–Crippen LogP) is 3.89. The Kier molecular flexibility index (Phi) is 7.17. The highest BCUT2D eigenvalue weighted by Gasteiger charge is 2.16. The molecule has 0 aliphatic heterocycles. The van der Waals surface area contributed by atoms with Gasteiger partial charge in [-0.3, -0.25) is 19.7 Å². The van der Waals surface area contributed by atoms with Gasteiger partial charge in [-0.2, -0.15) is 0 Å². The number of carbonyl (C=O) groups is 2. The molecule has 0 saturated heterocycles. The summed E-state index contributed by atoms with van der Waals surface area (Å²) in [6.07, 6.45) is 0.709. The van der Waals surface area contributed by atoms with E-state index < -0.39 is 10.8 Å². The van der Waals surface area contributed by atoms with Crippen molar-refractivity contribution in [2.45, 2.75) is 6.42 Å². The molecule has 8 nitrogen and oxygen atoms in total. The van der Waals surface area contributed by atoms with E-state index in [-0.39, 0.29) is 17.2 Å². The summed E-state index contributed by atoms with van der Waals surface area (Å²) < 4.78 is 0. The first-order chi connectivity index (χ1) is 15.3. The van der Waals surface area contributed by atoms with Crippen LogP contribution in [0.4, 0.5) is 17.1 Å². The lowest BCUT2D eigenvalue weighted by Gasteiger charge is -2.18. The Balaban J connectivity index is 1.72. The predicted molar refractivity (Wildman–Crippen MR) is 124 cm³/mol. The Morgan fingerprint density at radius 3 is 2.25 bits per heavy atom. The summed E-state index contributed by atoms with van der Waals surface area (Å²) in [6, 6.07) is 20.3. The van der Waals surface area contributed by atoms with Gasteiger partial charge >= 0.3 is 0 Å². The van der Waals surface area contributed by atoms with E-state index in [1.165, 1.54) is 24.3 Å². The zero-order valence-electron chi connectivity index (χ0n) is 17.9. The van der Waals surface area contributed by atoms with Crippen LogP contribution in [-0.2, 0) is 6.42 Å². The third kappa shape index (κ3) is 5.69. The molecule has 0 aromatic heterocycles. The number of nitrogens with zero attached hydrogens (tertiary/aromatic N) is 2. The molecule has 32 heavy (non-hydrogen) atoms. The minimum Gasteiger partial charge on any atom is -0.377 e. The molecule has 0 bridgehead atoms. The van der Waals surface area contributed by atoms with Crippen molar-refractivity contribution in [1.82, 2.24) is 5.32 Å². The molecule has 0 aliphatic carbocycles. The molecule has 0 atom stereocenters. The van der Waals surface area contributed by atoms with Crippen molar-refractivity contribution in [3.8, 4) is 0 Å². The van der Waals surface area contributed by atoms with Crippen molar-refractivity contribution in [3.63, 3.8) is 0 Å². The van der Waals surface area contributed by atoms with E-state index >= 15 is 0 Å². The summed E-state index contributed by atoms with van der Waals surface area (Å²) in [4.78, 5) is 37.5. The van der Waals surface area contributed by atoms with E-state index in [9.17, 15) is 19.7 Å². The average Bonchev–Trinajstić information content (AvgIpc) is 2.79. The van der Waals surface area contributed by atoms with Crippen molar-refractivity contribution >= 4 is 28.9 Å². The summed E-state index contributed by atoms with van der Waals surface area (Å²) in [5, 5.41) is 16.5. The Morgan fingerprint density at radius 1 is 0.938 bits per heavy atom. The second kappa shape index (κ2) is 10.2. The topological polar surface area (TPSA) is 105 Å². The van der Waals surface area contributed by atoms with Gasteiger partial charge in [-0.25, -0.2) is 0 Å². The van der Waals surface area contributed by atoms with E-state index in [1.54, 1.807) is 18.2 Å². The molecular formula is C24H24N4O4. The van der Waals surface area contributed by atoms with Crippen LogP contribution in [0.3, 0.4) is 0 Å². The zero-order valence-corrected chi connectivity index (χ0v) is 17.9. The summed E-state index contributed by atoms with van der Waals surface area (Å²) in [5.41, 5.74) is 2.92. The van der Waals surface area contributed by atoms with Gasteiger partial charge in [-0.1, -0.05) is 30.3 Å². The summed E-state index contributed by atoms with van der Waals surface area (Å²) in [6.45, 7) is 0.481. The number of anilines is 2. The highest BCUT2D eigenvalue weighted by atomic mass is 16.6. The zero-order chi connectivity index (χ0) is 23.1. The van der Waals surface area contributed by atoms with Crippen LogP contribution >= 0.6 is 0 Å². The third-order valence-electron chi connectivity index (χ3n) is 4.86. The first-order valence-corrected chi connectivity index (χ1v) is 10.0. The Bertz CT molecular complexity index is 1110. The van der Waals surface area contributed by atoms with E-state index in [1.807, 2.05) is 49.3 Å². The highest BCUT2D eigenvalue weighted by molar-refractivity contribution is 6.06. The normalized spacial score (nSPS) is 10.3. The third-order valence-corrected chi connectivity index (χ3v) is 4.86. The lowest BCUT2D eigenvalue weighted by atomic mass is 10.1. The number of rotatable bonds is 8. The molecule has 0 heterocycles. The van der Waals surface area contributed by atoms with Crippen molar-refractivity contribution in [1.29, 1.82) is 0 Å². The number of hydrogen-bond acceptors (Lipinski definition) is 5. The largest absolute Gasteiger partial charge is 0.377 e. The fourth-order valence-corrected chi connectivity index (χ4v) is 3.18. The highest BCUT2D eigenvalue weighted by Crippen LogP contribution is 2.24. The Labute approximate surface area is 186 Å². The van der Waals surface area contributed by atoms with Gasteiger partial charge in [-0.15, -0.1) is 0 Å². The van der Waals surface area contributed by atoms with Crippen molar-refractivity contribution < 1.29 is 14.5 Å². The second-order valence-corrected chi connectivity index (χ2v) is 7.38. The van der Waals surface area contributed by atoms with Gasteiger partial charge in [0.15, 0.2) is 0 Å². The fraction of sp³-hybridized carbons (Fsp3) is 0.167. The molecule has 0 radical (unpaired) electrons. The molecule has 8 heteroatoms. The molecule has 0 aliphatic rings. The maximum Gasteiger partial charge on any atom is 0.269 e. The van der Waals surface area contributed by atoms with Crippen LogP contribution in [0.15, 0.2) is 72.8 Å². The van der Waals surface area contributed by atoms with Gasteiger partial charge in [0.05, 0.1) is 10.5 Å². The quantitative estimate of drug-likeness (QED) is 0.415. The number of nitro benzene ring substituents is 1. The summed E-state index contributed by atoms with van der Waals surface area (Å²) >= 11 is 0. The smallest absolute Gasteiger partial charge is 0.269 e. The second-order valence-electron chi connectivity index (χ2n) is 7.38.